The van der Waals surface area contributed by atoms with Crippen molar-refractivity contribution in [3.05, 3.63) is 29.3 Å². The molecule has 1 aromatic rings. The molecular formula is C20H28N2O3. The maximum absolute atomic E-state index is 12.8. The van der Waals surface area contributed by atoms with E-state index >= 15 is 0 Å². The number of benzene rings is 1. The van der Waals surface area contributed by atoms with Crippen LogP contribution in [-0.4, -0.2) is 64.2 Å². The standard InChI is InChI=1S/C20H28N2O3/c1-13-8-14(4-5-18(13)23)20(25)22-11-15-9-17(21-6-2-3-7-21)19(24)10-16(15)12-22/h4-5,8,15-17,19,23-24H,2-3,6-7,9-12H2,1H3/t15-,16+,17-,19-/m1/s1. The number of rotatable bonds is 2. The van der Waals surface area contributed by atoms with Crippen LogP contribution in [0.5, 0.6) is 5.75 Å². The first-order chi connectivity index (χ1) is 12.0. The number of likely N-dealkylation sites (tertiary alicyclic amines) is 2. The molecule has 2 heterocycles. The van der Waals surface area contributed by atoms with E-state index < -0.39 is 0 Å². The van der Waals surface area contributed by atoms with E-state index in [1.807, 2.05) is 11.8 Å². The summed E-state index contributed by atoms with van der Waals surface area (Å²) in [6, 6.07) is 5.34. The molecule has 1 aliphatic carbocycles. The normalized spacial score (nSPS) is 32.8. The summed E-state index contributed by atoms with van der Waals surface area (Å²) in [7, 11) is 0. The molecular weight excluding hydrogens is 316 g/mol. The number of aliphatic hydroxyl groups excluding tert-OH is 1. The minimum atomic E-state index is -0.259. The number of nitrogens with zero attached hydrogens (tertiary/aromatic N) is 2. The number of carbonyl (C=O) groups is 1. The van der Waals surface area contributed by atoms with Gasteiger partial charge >= 0.3 is 0 Å². The number of hydrogen-bond donors (Lipinski definition) is 2. The Labute approximate surface area is 149 Å². The van der Waals surface area contributed by atoms with Gasteiger partial charge in [0.15, 0.2) is 0 Å². The lowest BCUT2D eigenvalue weighted by Gasteiger charge is -2.40. The summed E-state index contributed by atoms with van der Waals surface area (Å²) in [6.07, 6.45) is 4.03. The third-order valence-electron chi connectivity index (χ3n) is 6.45. The summed E-state index contributed by atoms with van der Waals surface area (Å²) in [5.41, 5.74) is 1.37. The predicted octanol–water partition coefficient (Wildman–Crippen LogP) is 2.01. The Kier molecular flexibility index (Phi) is 4.46. The molecule has 3 aliphatic rings. The van der Waals surface area contributed by atoms with Gasteiger partial charge in [-0.1, -0.05) is 0 Å². The van der Waals surface area contributed by atoms with E-state index in [1.54, 1.807) is 18.2 Å². The Morgan fingerprint density at radius 3 is 2.48 bits per heavy atom. The van der Waals surface area contributed by atoms with Gasteiger partial charge in [0.25, 0.3) is 5.91 Å². The highest BCUT2D eigenvalue weighted by Crippen LogP contribution is 2.39. The lowest BCUT2D eigenvalue weighted by molar-refractivity contribution is -0.000864. The second-order valence-electron chi connectivity index (χ2n) is 8.08. The van der Waals surface area contributed by atoms with Gasteiger partial charge in [-0.05, 0) is 81.3 Å². The molecule has 2 N–H and O–H groups in total. The fourth-order valence-corrected chi connectivity index (χ4v) is 5.01. The van der Waals surface area contributed by atoms with Crippen LogP contribution in [0.4, 0.5) is 0 Å². The van der Waals surface area contributed by atoms with Crippen molar-refractivity contribution in [1.82, 2.24) is 9.80 Å². The van der Waals surface area contributed by atoms with Crippen molar-refractivity contribution in [2.24, 2.45) is 11.8 Å². The lowest BCUT2D eigenvalue weighted by atomic mass is 9.77. The molecule has 5 heteroatoms. The maximum Gasteiger partial charge on any atom is 0.253 e. The first kappa shape index (κ1) is 16.9. The number of phenolic OH excluding ortho intramolecular Hbond substituents is 1. The van der Waals surface area contributed by atoms with Gasteiger partial charge in [0, 0.05) is 24.7 Å². The largest absolute Gasteiger partial charge is 0.508 e. The molecule has 0 spiro atoms. The molecule has 4 rings (SSSR count). The van der Waals surface area contributed by atoms with Gasteiger partial charge < -0.3 is 15.1 Å². The Morgan fingerprint density at radius 2 is 1.80 bits per heavy atom. The van der Waals surface area contributed by atoms with Crippen LogP contribution in [0.1, 0.15) is 41.6 Å². The van der Waals surface area contributed by atoms with Gasteiger partial charge in [-0.15, -0.1) is 0 Å². The summed E-state index contributed by atoms with van der Waals surface area (Å²) in [6.45, 7) is 5.56. The van der Waals surface area contributed by atoms with Crippen molar-refractivity contribution in [2.45, 2.75) is 44.8 Å². The molecule has 1 aromatic carbocycles. The fourth-order valence-electron chi connectivity index (χ4n) is 5.01. The average molecular weight is 344 g/mol. The SMILES string of the molecule is Cc1cc(C(=O)N2C[C@H]3C[C@@H](N4CCCC4)[C@H](O)C[C@H]3C2)ccc1O. The van der Waals surface area contributed by atoms with Crippen LogP contribution < -0.4 is 0 Å². The molecule has 1 saturated carbocycles. The van der Waals surface area contributed by atoms with Crippen LogP contribution in [-0.2, 0) is 0 Å². The summed E-state index contributed by atoms with van der Waals surface area (Å²) in [5, 5.41) is 20.3. The van der Waals surface area contributed by atoms with Crippen molar-refractivity contribution >= 4 is 5.91 Å². The zero-order valence-corrected chi connectivity index (χ0v) is 14.9. The molecule has 0 aromatic heterocycles. The van der Waals surface area contributed by atoms with Gasteiger partial charge in [-0.2, -0.15) is 0 Å². The predicted molar refractivity (Wildman–Crippen MR) is 95.6 cm³/mol. The highest BCUT2D eigenvalue weighted by atomic mass is 16.3. The number of phenols is 1. The summed E-state index contributed by atoms with van der Waals surface area (Å²) in [5.74, 6) is 1.18. The monoisotopic (exact) mass is 344 g/mol. The maximum atomic E-state index is 12.8. The van der Waals surface area contributed by atoms with Gasteiger partial charge in [-0.3, -0.25) is 9.69 Å². The lowest BCUT2D eigenvalue weighted by Crippen LogP contribution is -2.48. The van der Waals surface area contributed by atoms with E-state index in [2.05, 4.69) is 4.90 Å². The van der Waals surface area contributed by atoms with E-state index in [-0.39, 0.29) is 23.8 Å². The van der Waals surface area contributed by atoms with Crippen LogP contribution in [0.2, 0.25) is 0 Å². The van der Waals surface area contributed by atoms with E-state index in [1.165, 1.54) is 12.8 Å². The van der Waals surface area contributed by atoms with Crippen LogP contribution in [0.3, 0.4) is 0 Å². The zero-order valence-electron chi connectivity index (χ0n) is 14.9. The molecule has 0 radical (unpaired) electrons. The molecule has 4 atom stereocenters. The number of aryl methyl sites for hydroxylation is 1. The Hall–Kier alpha value is -1.59. The van der Waals surface area contributed by atoms with Crippen molar-refractivity contribution in [1.29, 1.82) is 0 Å². The third kappa shape index (κ3) is 3.15. The third-order valence-corrected chi connectivity index (χ3v) is 6.45. The second-order valence-corrected chi connectivity index (χ2v) is 8.08. The summed E-state index contributed by atoms with van der Waals surface area (Å²) in [4.78, 5) is 17.2. The zero-order chi connectivity index (χ0) is 17.6. The number of carbonyl (C=O) groups excluding carboxylic acids is 1. The molecule has 136 valence electrons. The van der Waals surface area contributed by atoms with E-state index in [9.17, 15) is 15.0 Å². The van der Waals surface area contributed by atoms with Crippen molar-refractivity contribution < 1.29 is 15.0 Å². The Balaban J connectivity index is 1.45. The minimum Gasteiger partial charge on any atom is -0.508 e. The average Bonchev–Trinajstić information content (AvgIpc) is 3.25. The van der Waals surface area contributed by atoms with Gasteiger partial charge in [-0.25, -0.2) is 0 Å². The first-order valence-electron chi connectivity index (χ1n) is 9.54. The Bertz CT molecular complexity index is 656. The van der Waals surface area contributed by atoms with E-state index in [4.69, 9.17) is 0 Å². The molecule has 1 amide bonds. The smallest absolute Gasteiger partial charge is 0.253 e. The highest BCUT2D eigenvalue weighted by Gasteiger charge is 2.44. The Morgan fingerprint density at radius 1 is 1.12 bits per heavy atom. The molecule has 5 nitrogen and oxygen atoms in total. The van der Waals surface area contributed by atoms with E-state index in [0.29, 0.717) is 17.4 Å². The summed E-state index contributed by atoms with van der Waals surface area (Å²) >= 11 is 0. The topological polar surface area (TPSA) is 64.0 Å². The molecule has 0 bridgehead atoms. The molecule has 25 heavy (non-hydrogen) atoms. The first-order valence-corrected chi connectivity index (χ1v) is 9.54. The molecule has 0 unspecified atom stereocenters. The van der Waals surface area contributed by atoms with Gasteiger partial charge in [0.05, 0.1) is 6.10 Å². The quantitative estimate of drug-likeness (QED) is 0.861. The van der Waals surface area contributed by atoms with Gasteiger partial charge in [0.1, 0.15) is 5.75 Å². The summed E-state index contributed by atoms with van der Waals surface area (Å²) < 4.78 is 0. The van der Waals surface area contributed by atoms with Crippen molar-refractivity contribution in [3.63, 3.8) is 0 Å². The van der Waals surface area contributed by atoms with Crippen LogP contribution >= 0.6 is 0 Å². The van der Waals surface area contributed by atoms with Crippen LogP contribution in [0, 0.1) is 18.8 Å². The van der Waals surface area contributed by atoms with Crippen LogP contribution in [0.25, 0.3) is 0 Å². The van der Waals surface area contributed by atoms with Crippen LogP contribution in [0.15, 0.2) is 18.2 Å². The van der Waals surface area contributed by atoms with E-state index in [0.717, 1.165) is 44.6 Å². The number of hydrogen-bond acceptors (Lipinski definition) is 4. The van der Waals surface area contributed by atoms with Crippen molar-refractivity contribution in [3.8, 4) is 5.75 Å². The van der Waals surface area contributed by atoms with Gasteiger partial charge in [0.2, 0.25) is 0 Å². The number of aliphatic hydroxyl groups is 1. The molecule has 3 fully saturated rings. The number of amides is 1. The fraction of sp³-hybridized carbons (Fsp3) is 0.650. The number of aromatic hydroxyl groups is 1. The van der Waals surface area contributed by atoms with Crippen molar-refractivity contribution in [2.75, 3.05) is 26.2 Å². The highest BCUT2D eigenvalue weighted by molar-refractivity contribution is 5.94. The molecule has 2 aliphatic heterocycles. The second kappa shape index (κ2) is 6.61. The molecule has 2 saturated heterocycles. The minimum absolute atomic E-state index is 0.0460. The number of fused-ring (bicyclic) bond motifs is 1.